The molecule has 0 atom stereocenters. The van der Waals surface area contributed by atoms with Crippen molar-refractivity contribution in [2.45, 2.75) is 19.4 Å². The molecule has 0 saturated carbocycles. The van der Waals surface area contributed by atoms with Crippen LogP contribution in [0.5, 0.6) is 0 Å². The van der Waals surface area contributed by atoms with Crippen molar-refractivity contribution in [1.29, 1.82) is 5.26 Å². The average molecular weight is 323 g/mol. The first-order valence-electron chi connectivity index (χ1n) is 4.13. The van der Waals surface area contributed by atoms with E-state index >= 15 is 0 Å². The molecule has 1 aromatic heterocycles. The van der Waals surface area contributed by atoms with Gasteiger partial charge in [-0.2, -0.15) is 5.26 Å². The number of aromatic nitrogens is 1. The van der Waals surface area contributed by atoms with Gasteiger partial charge >= 0.3 is 0 Å². The summed E-state index contributed by atoms with van der Waals surface area (Å²) < 4.78 is 25.7. The number of alkyl halides is 2. The Morgan fingerprint density at radius 2 is 2.27 bits per heavy atom. The number of nitrogens with two attached hydrogens (primary N) is 1. The maximum atomic E-state index is 12.6. The van der Waals surface area contributed by atoms with Crippen LogP contribution in [0.2, 0.25) is 0 Å². The van der Waals surface area contributed by atoms with E-state index in [1.54, 1.807) is 0 Å². The molecule has 0 aliphatic rings. The van der Waals surface area contributed by atoms with Crippen LogP contribution in [0.4, 0.5) is 8.78 Å². The van der Waals surface area contributed by atoms with Gasteiger partial charge in [-0.25, -0.2) is 13.8 Å². The normalized spacial score (nSPS) is 10.4. The van der Waals surface area contributed by atoms with Gasteiger partial charge in [0.05, 0.1) is 18.2 Å². The minimum absolute atomic E-state index is 0.0253. The van der Waals surface area contributed by atoms with Gasteiger partial charge in [0.15, 0.2) is 0 Å². The zero-order valence-electron chi connectivity index (χ0n) is 7.67. The summed E-state index contributed by atoms with van der Waals surface area (Å²) in [6.45, 7) is -0.0253. The van der Waals surface area contributed by atoms with Gasteiger partial charge in [-0.3, -0.25) is 0 Å². The lowest BCUT2D eigenvalue weighted by Gasteiger charge is -2.09. The number of nitriles is 1. The van der Waals surface area contributed by atoms with Gasteiger partial charge < -0.3 is 5.73 Å². The van der Waals surface area contributed by atoms with Crippen molar-refractivity contribution in [3.05, 3.63) is 26.6 Å². The third kappa shape index (κ3) is 2.82. The van der Waals surface area contributed by atoms with E-state index in [4.69, 9.17) is 11.0 Å². The van der Waals surface area contributed by atoms with Gasteiger partial charge in [-0.05, 0) is 34.2 Å². The molecule has 0 aliphatic heterocycles. The maximum absolute atomic E-state index is 12.6. The second-order valence-electron chi connectivity index (χ2n) is 2.81. The highest BCUT2D eigenvalue weighted by atomic mass is 127. The van der Waals surface area contributed by atoms with Crippen molar-refractivity contribution in [2.75, 3.05) is 0 Å². The number of pyridine rings is 1. The summed E-state index contributed by atoms with van der Waals surface area (Å²) in [5, 5.41) is 8.51. The Balaban J connectivity index is 3.25. The first-order valence-corrected chi connectivity index (χ1v) is 5.21. The fourth-order valence-electron chi connectivity index (χ4n) is 1.15. The smallest absolute Gasteiger partial charge is 0.265 e. The van der Waals surface area contributed by atoms with E-state index in [1.807, 2.05) is 28.7 Å². The van der Waals surface area contributed by atoms with Crippen LogP contribution in [0, 0.1) is 15.0 Å². The van der Waals surface area contributed by atoms with Crippen molar-refractivity contribution in [3.8, 4) is 6.07 Å². The van der Waals surface area contributed by atoms with Crippen LogP contribution < -0.4 is 5.73 Å². The molecular weight excluding hydrogens is 315 g/mol. The molecule has 0 spiro atoms. The first kappa shape index (κ1) is 12.3. The van der Waals surface area contributed by atoms with Crippen LogP contribution >= 0.6 is 22.6 Å². The molecule has 3 nitrogen and oxygen atoms in total. The minimum Gasteiger partial charge on any atom is -0.325 e. The van der Waals surface area contributed by atoms with Crippen molar-refractivity contribution in [2.24, 2.45) is 5.73 Å². The Hall–Kier alpha value is -0.810. The van der Waals surface area contributed by atoms with Gasteiger partial charge in [-0.15, -0.1) is 0 Å². The Labute approximate surface area is 99.4 Å². The SMILES string of the molecule is N#CCc1cc(C(F)F)c(CN)nc1I. The number of halogens is 3. The maximum Gasteiger partial charge on any atom is 0.265 e. The Morgan fingerprint density at radius 3 is 2.73 bits per heavy atom. The zero-order chi connectivity index (χ0) is 11.4. The molecule has 0 fully saturated rings. The first-order chi connectivity index (χ1) is 7.10. The summed E-state index contributed by atoms with van der Waals surface area (Å²) >= 11 is 1.91. The molecular formula is C9H8F2IN3. The monoisotopic (exact) mass is 323 g/mol. The zero-order valence-corrected chi connectivity index (χ0v) is 9.83. The van der Waals surface area contributed by atoms with Crippen LogP contribution in [-0.4, -0.2) is 4.98 Å². The third-order valence-corrected chi connectivity index (χ3v) is 2.79. The minimum atomic E-state index is -2.61. The molecule has 0 saturated heterocycles. The summed E-state index contributed by atoms with van der Waals surface area (Å²) in [6.07, 6.45) is -2.53. The number of hydrogen-bond acceptors (Lipinski definition) is 3. The molecule has 1 aromatic rings. The van der Waals surface area contributed by atoms with Crippen molar-refractivity contribution in [3.63, 3.8) is 0 Å². The summed E-state index contributed by atoms with van der Waals surface area (Å²) in [4.78, 5) is 3.96. The molecule has 0 unspecified atom stereocenters. The molecule has 6 heteroatoms. The topological polar surface area (TPSA) is 62.7 Å². The van der Waals surface area contributed by atoms with E-state index in [2.05, 4.69) is 4.98 Å². The Morgan fingerprint density at radius 1 is 1.60 bits per heavy atom. The molecule has 0 amide bonds. The summed E-state index contributed by atoms with van der Waals surface area (Å²) in [7, 11) is 0. The standard InChI is InChI=1S/C9H8F2IN3/c10-8(11)6-3-5(1-2-13)9(12)15-7(6)4-14/h3,8H,1,4,14H2. The molecule has 2 N–H and O–H groups in total. The second-order valence-corrected chi connectivity index (χ2v) is 3.84. The van der Waals surface area contributed by atoms with E-state index in [0.29, 0.717) is 9.26 Å². The molecule has 0 radical (unpaired) electrons. The van der Waals surface area contributed by atoms with Gasteiger partial charge in [0.2, 0.25) is 0 Å². The highest BCUT2D eigenvalue weighted by Crippen LogP contribution is 2.25. The predicted octanol–water partition coefficient (Wildman–Crippen LogP) is 2.15. The van der Waals surface area contributed by atoms with E-state index in [1.165, 1.54) is 6.07 Å². The summed E-state index contributed by atoms with van der Waals surface area (Å²) in [5.41, 5.74) is 5.85. The van der Waals surface area contributed by atoms with Gasteiger partial charge in [-0.1, -0.05) is 0 Å². The summed E-state index contributed by atoms with van der Waals surface area (Å²) in [6, 6.07) is 3.22. The summed E-state index contributed by atoms with van der Waals surface area (Å²) in [5.74, 6) is 0. The van der Waals surface area contributed by atoms with Crippen LogP contribution in [0.3, 0.4) is 0 Å². The van der Waals surface area contributed by atoms with Gasteiger partial charge in [0.1, 0.15) is 3.70 Å². The molecule has 1 rings (SSSR count). The lowest BCUT2D eigenvalue weighted by atomic mass is 10.1. The van der Waals surface area contributed by atoms with Crippen LogP contribution in [0.15, 0.2) is 6.07 Å². The molecule has 0 aromatic carbocycles. The Bertz CT molecular complexity index is 401. The number of rotatable bonds is 3. The highest BCUT2D eigenvalue weighted by Gasteiger charge is 2.16. The van der Waals surface area contributed by atoms with Crippen molar-refractivity contribution >= 4 is 22.6 Å². The lowest BCUT2D eigenvalue weighted by Crippen LogP contribution is -2.08. The van der Waals surface area contributed by atoms with E-state index in [0.717, 1.165) is 0 Å². The number of hydrogen-bond donors (Lipinski definition) is 1. The fraction of sp³-hybridized carbons (Fsp3) is 0.333. The predicted molar refractivity (Wildman–Crippen MR) is 59.1 cm³/mol. The van der Waals surface area contributed by atoms with Crippen molar-refractivity contribution in [1.82, 2.24) is 4.98 Å². The van der Waals surface area contributed by atoms with E-state index < -0.39 is 6.43 Å². The highest BCUT2D eigenvalue weighted by molar-refractivity contribution is 14.1. The van der Waals surface area contributed by atoms with E-state index in [-0.39, 0.29) is 24.2 Å². The quantitative estimate of drug-likeness (QED) is 0.685. The molecule has 1 heterocycles. The van der Waals surface area contributed by atoms with Gasteiger partial charge in [0, 0.05) is 12.1 Å². The van der Waals surface area contributed by atoms with Gasteiger partial charge in [0.25, 0.3) is 6.43 Å². The largest absolute Gasteiger partial charge is 0.325 e. The molecule has 15 heavy (non-hydrogen) atoms. The van der Waals surface area contributed by atoms with Crippen LogP contribution in [-0.2, 0) is 13.0 Å². The number of nitrogens with zero attached hydrogens (tertiary/aromatic N) is 2. The molecule has 80 valence electrons. The van der Waals surface area contributed by atoms with Crippen molar-refractivity contribution < 1.29 is 8.78 Å². The molecule has 0 aliphatic carbocycles. The second kappa shape index (κ2) is 5.32. The fourth-order valence-corrected chi connectivity index (χ4v) is 1.78. The molecule has 0 bridgehead atoms. The average Bonchev–Trinajstić information content (AvgIpc) is 2.20. The van der Waals surface area contributed by atoms with Crippen LogP contribution in [0.1, 0.15) is 23.2 Å². The Kier molecular flexibility index (Phi) is 4.35. The lowest BCUT2D eigenvalue weighted by molar-refractivity contribution is 0.149. The third-order valence-electron chi connectivity index (χ3n) is 1.86. The van der Waals surface area contributed by atoms with Crippen LogP contribution in [0.25, 0.3) is 0 Å². The van der Waals surface area contributed by atoms with E-state index in [9.17, 15) is 8.78 Å².